The highest BCUT2D eigenvalue weighted by atomic mass is 16.5. The Morgan fingerprint density at radius 3 is 2.43 bits per heavy atom. The lowest BCUT2D eigenvalue weighted by atomic mass is 9.98. The summed E-state index contributed by atoms with van der Waals surface area (Å²) in [5.41, 5.74) is 6.69. The lowest BCUT2D eigenvalue weighted by Gasteiger charge is -2.09. The molecule has 0 bridgehead atoms. The number of fused-ring (bicyclic) bond motifs is 1. The molecule has 0 saturated carbocycles. The number of nitrogens with one attached hydrogen (secondary N) is 1. The van der Waals surface area contributed by atoms with Crippen LogP contribution in [-0.2, 0) is 0 Å². The number of hydrogen-bond donors (Lipinski definition) is 1. The second-order valence-electron chi connectivity index (χ2n) is 6.62. The molecule has 0 atom stereocenters. The van der Waals surface area contributed by atoms with Crippen LogP contribution in [0, 0.1) is 0 Å². The van der Waals surface area contributed by atoms with Crippen molar-refractivity contribution in [2.24, 2.45) is 0 Å². The molecule has 4 heteroatoms. The maximum atomic E-state index is 5.59. The van der Waals surface area contributed by atoms with Gasteiger partial charge in [-0.1, -0.05) is 36.4 Å². The lowest BCUT2D eigenvalue weighted by molar-refractivity contribution is 0.416. The third kappa shape index (κ3) is 2.58. The van der Waals surface area contributed by atoms with Crippen LogP contribution < -0.4 is 4.74 Å². The van der Waals surface area contributed by atoms with E-state index < -0.39 is 0 Å². The summed E-state index contributed by atoms with van der Waals surface area (Å²) < 4.78 is 7.79. The molecular formula is C24H19N3O. The number of aromatic nitrogens is 3. The standard InChI is InChI=1S/C24H19N3O/c1-28-24-11-5-3-9-19(24)20-14-26-15-21(20)22-16-27(17-7-6-12-25-13-17)23-10-4-2-8-18(22)23/h2-16,26H,1H3. The molecule has 4 nitrogen and oxygen atoms in total. The minimum Gasteiger partial charge on any atom is -0.496 e. The van der Waals surface area contributed by atoms with E-state index in [1.165, 1.54) is 10.9 Å². The summed E-state index contributed by atoms with van der Waals surface area (Å²) in [7, 11) is 1.71. The van der Waals surface area contributed by atoms with Gasteiger partial charge in [0.05, 0.1) is 24.5 Å². The van der Waals surface area contributed by atoms with Crippen molar-refractivity contribution < 1.29 is 4.74 Å². The van der Waals surface area contributed by atoms with E-state index in [0.29, 0.717) is 0 Å². The van der Waals surface area contributed by atoms with E-state index in [4.69, 9.17) is 4.74 Å². The van der Waals surface area contributed by atoms with Crippen LogP contribution in [0.5, 0.6) is 5.75 Å². The van der Waals surface area contributed by atoms with Crippen LogP contribution in [0.25, 0.3) is 38.8 Å². The summed E-state index contributed by atoms with van der Waals surface area (Å²) in [6.07, 6.45) is 9.95. The molecule has 0 amide bonds. The second kappa shape index (κ2) is 6.74. The Hall–Kier alpha value is -3.79. The molecule has 0 saturated heterocycles. The van der Waals surface area contributed by atoms with Crippen molar-refractivity contribution in [3.8, 4) is 33.7 Å². The van der Waals surface area contributed by atoms with Crippen molar-refractivity contribution in [1.29, 1.82) is 0 Å². The predicted octanol–water partition coefficient (Wildman–Crippen LogP) is 5.70. The Morgan fingerprint density at radius 1 is 0.821 bits per heavy atom. The van der Waals surface area contributed by atoms with E-state index in [1.807, 2.05) is 36.7 Å². The summed E-state index contributed by atoms with van der Waals surface area (Å²) in [6, 6.07) is 20.6. The first kappa shape index (κ1) is 16.4. The van der Waals surface area contributed by atoms with Gasteiger partial charge < -0.3 is 14.3 Å². The number of ether oxygens (including phenoxy) is 1. The fourth-order valence-corrected chi connectivity index (χ4v) is 3.78. The summed E-state index contributed by atoms with van der Waals surface area (Å²) >= 11 is 0. The van der Waals surface area contributed by atoms with Gasteiger partial charge in [-0.05, 0) is 24.3 Å². The van der Waals surface area contributed by atoms with Gasteiger partial charge in [-0.25, -0.2) is 0 Å². The highest BCUT2D eigenvalue weighted by molar-refractivity contribution is 6.01. The molecule has 3 heterocycles. The SMILES string of the molecule is COc1ccccc1-c1c[nH]cc1-c1cn(-c2cccnc2)c2ccccc12. The zero-order valence-corrected chi connectivity index (χ0v) is 15.5. The van der Waals surface area contributed by atoms with Gasteiger partial charge in [0.25, 0.3) is 0 Å². The Kier molecular flexibility index (Phi) is 3.95. The first-order chi connectivity index (χ1) is 13.9. The number of benzene rings is 2. The van der Waals surface area contributed by atoms with Crippen LogP contribution in [0.1, 0.15) is 0 Å². The van der Waals surface area contributed by atoms with Crippen molar-refractivity contribution in [1.82, 2.24) is 14.5 Å². The molecule has 5 rings (SSSR count). The molecule has 0 spiro atoms. The number of nitrogens with zero attached hydrogens (tertiary/aromatic N) is 2. The molecule has 5 aromatic rings. The summed E-state index contributed by atoms with van der Waals surface area (Å²) in [5.74, 6) is 0.861. The third-order valence-corrected chi connectivity index (χ3v) is 5.07. The molecule has 0 aliphatic heterocycles. The molecule has 136 valence electrons. The van der Waals surface area contributed by atoms with E-state index in [-0.39, 0.29) is 0 Å². The van der Waals surface area contributed by atoms with E-state index in [2.05, 4.69) is 63.3 Å². The smallest absolute Gasteiger partial charge is 0.126 e. The molecule has 0 aliphatic carbocycles. The lowest BCUT2D eigenvalue weighted by Crippen LogP contribution is -1.91. The predicted molar refractivity (Wildman–Crippen MR) is 113 cm³/mol. The summed E-state index contributed by atoms with van der Waals surface area (Å²) in [5, 5.41) is 1.20. The van der Waals surface area contributed by atoms with Crippen LogP contribution in [0.2, 0.25) is 0 Å². The van der Waals surface area contributed by atoms with Crippen LogP contribution in [0.15, 0.2) is 91.6 Å². The van der Waals surface area contributed by atoms with Crippen molar-refractivity contribution in [2.45, 2.75) is 0 Å². The monoisotopic (exact) mass is 365 g/mol. The van der Waals surface area contributed by atoms with Crippen LogP contribution in [0.3, 0.4) is 0 Å². The molecule has 0 aliphatic rings. The van der Waals surface area contributed by atoms with E-state index in [1.54, 1.807) is 13.3 Å². The van der Waals surface area contributed by atoms with E-state index >= 15 is 0 Å². The molecule has 2 aromatic carbocycles. The summed E-state index contributed by atoms with van der Waals surface area (Å²) in [4.78, 5) is 7.57. The first-order valence-corrected chi connectivity index (χ1v) is 9.18. The fourth-order valence-electron chi connectivity index (χ4n) is 3.78. The number of hydrogen-bond acceptors (Lipinski definition) is 2. The van der Waals surface area contributed by atoms with Gasteiger partial charge in [0.15, 0.2) is 0 Å². The zero-order chi connectivity index (χ0) is 18.9. The number of para-hydroxylation sites is 2. The van der Waals surface area contributed by atoms with E-state index in [9.17, 15) is 0 Å². The molecule has 0 unspecified atom stereocenters. The number of H-pyrrole nitrogens is 1. The fraction of sp³-hybridized carbons (Fsp3) is 0.0417. The third-order valence-electron chi connectivity index (χ3n) is 5.07. The second-order valence-corrected chi connectivity index (χ2v) is 6.62. The normalized spacial score (nSPS) is 11.0. The van der Waals surface area contributed by atoms with Crippen molar-refractivity contribution in [3.05, 3.63) is 91.6 Å². The molecule has 1 N–H and O–H groups in total. The highest BCUT2D eigenvalue weighted by Crippen LogP contribution is 2.40. The molecule has 3 aromatic heterocycles. The number of methoxy groups -OCH3 is 1. The topological polar surface area (TPSA) is 42.8 Å². The quantitative estimate of drug-likeness (QED) is 0.444. The number of aromatic amines is 1. The van der Waals surface area contributed by atoms with Gasteiger partial charge in [-0.3, -0.25) is 4.98 Å². The van der Waals surface area contributed by atoms with Crippen LogP contribution >= 0.6 is 0 Å². The number of pyridine rings is 1. The number of rotatable bonds is 4. The van der Waals surface area contributed by atoms with Crippen molar-refractivity contribution in [3.63, 3.8) is 0 Å². The average Bonchev–Trinajstić information content (AvgIpc) is 3.39. The van der Waals surface area contributed by atoms with Gasteiger partial charge >= 0.3 is 0 Å². The Bertz CT molecular complexity index is 1250. The molecule has 28 heavy (non-hydrogen) atoms. The molecular weight excluding hydrogens is 346 g/mol. The van der Waals surface area contributed by atoms with Gasteiger partial charge in [0, 0.05) is 52.4 Å². The van der Waals surface area contributed by atoms with Crippen molar-refractivity contribution >= 4 is 10.9 Å². The Morgan fingerprint density at radius 2 is 1.61 bits per heavy atom. The van der Waals surface area contributed by atoms with Crippen LogP contribution in [0.4, 0.5) is 0 Å². The summed E-state index contributed by atoms with van der Waals surface area (Å²) in [6.45, 7) is 0. The van der Waals surface area contributed by atoms with Gasteiger partial charge in [0.1, 0.15) is 5.75 Å². The average molecular weight is 365 g/mol. The molecule has 0 radical (unpaired) electrons. The Labute approximate surface area is 163 Å². The molecule has 0 fully saturated rings. The van der Waals surface area contributed by atoms with Gasteiger partial charge in [0.2, 0.25) is 0 Å². The minimum atomic E-state index is 0.861. The van der Waals surface area contributed by atoms with Crippen molar-refractivity contribution in [2.75, 3.05) is 7.11 Å². The maximum absolute atomic E-state index is 5.59. The van der Waals surface area contributed by atoms with Gasteiger partial charge in [-0.2, -0.15) is 0 Å². The largest absolute Gasteiger partial charge is 0.496 e. The highest BCUT2D eigenvalue weighted by Gasteiger charge is 2.17. The van der Waals surface area contributed by atoms with E-state index in [0.717, 1.165) is 33.6 Å². The Balaban J connectivity index is 1.76. The van der Waals surface area contributed by atoms with Gasteiger partial charge in [-0.15, -0.1) is 0 Å². The zero-order valence-electron chi connectivity index (χ0n) is 15.5. The minimum absolute atomic E-state index is 0.861. The maximum Gasteiger partial charge on any atom is 0.126 e. The van der Waals surface area contributed by atoms with Crippen LogP contribution in [-0.4, -0.2) is 21.6 Å². The first-order valence-electron chi connectivity index (χ1n) is 9.18.